The minimum atomic E-state index is -0.763. The molecule has 0 radical (unpaired) electrons. The lowest BCUT2D eigenvalue weighted by Gasteiger charge is -2.13. The van der Waals surface area contributed by atoms with Gasteiger partial charge in [-0.3, -0.25) is 4.79 Å². The molecule has 0 aliphatic carbocycles. The van der Waals surface area contributed by atoms with Gasteiger partial charge in [0.05, 0.1) is 5.92 Å². The number of hydrogen-bond donors (Lipinski definition) is 2. The van der Waals surface area contributed by atoms with Crippen LogP contribution in [0.3, 0.4) is 0 Å². The van der Waals surface area contributed by atoms with Crippen LogP contribution in [0.1, 0.15) is 6.92 Å². The highest BCUT2D eigenvalue weighted by molar-refractivity contribution is 7.99. The number of nitrogens with one attached hydrogen (secondary N) is 1. The van der Waals surface area contributed by atoms with Crippen molar-refractivity contribution in [2.45, 2.75) is 6.92 Å². The Labute approximate surface area is 93.2 Å². The summed E-state index contributed by atoms with van der Waals surface area (Å²) in [6, 6.07) is -0.0121. The van der Waals surface area contributed by atoms with Crippen molar-refractivity contribution in [3.8, 4) is 0 Å². The molecule has 1 heterocycles. The summed E-state index contributed by atoms with van der Waals surface area (Å²) < 4.78 is 0. The maximum Gasteiger partial charge on any atom is 0.317 e. The second-order valence-electron chi connectivity index (χ2n) is 3.53. The predicted octanol–water partition coefficient (Wildman–Crippen LogP) is 0.466. The first-order valence-electron chi connectivity index (χ1n) is 4.94. The fourth-order valence-electron chi connectivity index (χ4n) is 1.23. The standard InChI is InChI=1S/C9H16N2O3S/c1-7(8(12)13)6-15-5-4-11-3-2-10-9(11)14/h7H,2-6H2,1H3,(H,10,14)(H,12,13). The molecule has 0 saturated carbocycles. The fourth-order valence-corrected chi connectivity index (χ4v) is 2.24. The molecule has 0 aromatic rings. The van der Waals surface area contributed by atoms with Gasteiger partial charge < -0.3 is 15.3 Å². The van der Waals surface area contributed by atoms with E-state index in [0.717, 1.165) is 18.8 Å². The largest absolute Gasteiger partial charge is 0.481 e. The van der Waals surface area contributed by atoms with Gasteiger partial charge in [-0.2, -0.15) is 11.8 Å². The number of rotatable bonds is 6. The molecule has 1 fully saturated rings. The van der Waals surface area contributed by atoms with Gasteiger partial charge in [0.15, 0.2) is 0 Å². The molecule has 15 heavy (non-hydrogen) atoms. The van der Waals surface area contributed by atoms with E-state index in [1.54, 1.807) is 23.6 Å². The summed E-state index contributed by atoms with van der Waals surface area (Å²) in [6.07, 6.45) is 0. The van der Waals surface area contributed by atoms with Crippen molar-refractivity contribution in [1.82, 2.24) is 10.2 Å². The van der Waals surface area contributed by atoms with Crippen molar-refractivity contribution in [3.63, 3.8) is 0 Å². The zero-order valence-electron chi connectivity index (χ0n) is 8.73. The van der Waals surface area contributed by atoms with Crippen molar-refractivity contribution in [2.75, 3.05) is 31.1 Å². The van der Waals surface area contributed by atoms with Crippen LogP contribution >= 0.6 is 11.8 Å². The first kappa shape index (κ1) is 12.2. The average Bonchev–Trinajstić information content (AvgIpc) is 2.58. The van der Waals surface area contributed by atoms with Gasteiger partial charge in [-0.15, -0.1) is 0 Å². The number of carboxylic acids is 1. The molecule has 0 spiro atoms. The first-order chi connectivity index (χ1) is 7.11. The van der Waals surface area contributed by atoms with Crippen LogP contribution in [-0.4, -0.2) is 53.1 Å². The molecule has 1 rings (SSSR count). The van der Waals surface area contributed by atoms with E-state index in [1.165, 1.54) is 0 Å². The van der Waals surface area contributed by atoms with E-state index in [1.807, 2.05) is 0 Å². The summed E-state index contributed by atoms with van der Waals surface area (Å²) in [7, 11) is 0. The van der Waals surface area contributed by atoms with Crippen molar-refractivity contribution < 1.29 is 14.7 Å². The Morgan fingerprint density at radius 3 is 3.00 bits per heavy atom. The van der Waals surface area contributed by atoms with E-state index in [9.17, 15) is 9.59 Å². The molecule has 6 heteroatoms. The normalized spacial score (nSPS) is 17.7. The highest BCUT2D eigenvalue weighted by atomic mass is 32.2. The third kappa shape index (κ3) is 3.99. The number of carboxylic acid groups (broad SMARTS) is 1. The Morgan fingerprint density at radius 1 is 1.73 bits per heavy atom. The van der Waals surface area contributed by atoms with Crippen LogP contribution in [-0.2, 0) is 4.79 Å². The third-order valence-corrected chi connectivity index (χ3v) is 3.45. The third-order valence-electron chi connectivity index (χ3n) is 2.24. The van der Waals surface area contributed by atoms with Crippen LogP contribution in [0.5, 0.6) is 0 Å². The van der Waals surface area contributed by atoms with Crippen LogP contribution in [0.2, 0.25) is 0 Å². The molecule has 86 valence electrons. The van der Waals surface area contributed by atoms with Gasteiger partial charge in [-0.1, -0.05) is 6.92 Å². The van der Waals surface area contributed by atoms with Gasteiger partial charge >= 0.3 is 12.0 Å². The number of carbonyl (C=O) groups excluding carboxylic acids is 1. The maximum atomic E-state index is 11.1. The number of hydrogen-bond acceptors (Lipinski definition) is 3. The number of aliphatic carboxylic acids is 1. The van der Waals surface area contributed by atoms with Gasteiger partial charge in [0.1, 0.15) is 0 Å². The molecule has 2 amide bonds. The molecule has 0 aromatic carbocycles. The van der Waals surface area contributed by atoms with Gasteiger partial charge in [0.25, 0.3) is 0 Å². The van der Waals surface area contributed by atoms with Crippen molar-refractivity contribution in [1.29, 1.82) is 0 Å². The fraction of sp³-hybridized carbons (Fsp3) is 0.778. The Kier molecular flexibility index (Phi) is 4.74. The highest BCUT2D eigenvalue weighted by Gasteiger charge is 2.18. The second kappa shape index (κ2) is 5.85. The number of urea groups is 1. The van der Waals surface area contributed by atoms with Crippen LogP contribution in [0.4, 0.5) is 4.79 Å². The molecule has 1 saturated heterocycles. The molecule has 0 bridgehead atoms. The highest BCUT2D eigenvalue weighted by Crippen LogP contribution is 2.09. The molecule has 1 aliphatic rings. The lowest BCUT2D eigenvalue weighted by molar-refractivity contribution is -0.140. The van der Waals surface area contributed by atoms with E-state index < -0.39 is 5.97 Å². The zero-order valence-corrected chi connectivity index (χ0v) is 9.55. The summed E-state index contributed by atoms with van der Waals surface area (Å²) in [5, 5.41) is 11.4. The Balaban J connectivity index is 2.06. The van der Waals surface area contributed by atoms with Gasteiger partial charge in [0.2, 0.25) is 0 Å². The van der Waals surface area contributed by atoms with E-state index in [-0.39, 0.29) is 11.9 Å². The van der Waals surface area contributed by atoms with Crippen LogP contribution < -0.4 is 5.32 Å². The molecule has 1 atom stereocenters. The molecule has 1 aliphatic heterocycles. The van der Waals surface area contributed by atoms with Crippen LogP contribution in [0.15, 0.2) is 0 Å². The zero-order chi connectivity index (χ0) is 11.3. The molecule has 5 nitrogen and oxygen atoms in total. The quantitative estimate of drug-likeness (QED) is 0.653. The van der Waals surface area contributed by atoms with Gasteiger partial charge in [-0.25, -0.2) is 4.79 Å². The van der Waals surface area contributed by atoms with Gasteiger partial charge in [0, 0.05) is 31.1 Å². The second-order valence-corrected chi connectivity index (χ2v) is 4.68. The van der Waals surface area contributed by atoms with E-state index in [0.29, 0.717) is 12.3 Å². The average molecular weight is 232 g/mol. The maximum absolute atomic E-state index is 11.1. The Bertz CT molecular complexity index is 248. The van der Waals surface area contributed by atoms with Crippen molar-refractivity contribution in [3.05, 3.63) is 0 Å². The molecular formula is C9H16N2O3S. The molecular weight excluding hydrogens is 216 g/mol. The van der Waals surface area contributed by atoms with Crippen LogP contribution in [0.25, 0.3) is 0 Å². The topological polar surface area (TPSA) is 69.6 Å². The van der Waals surface area contributed by atoms with E-state index in [4.69, 9.17) is 5.11 Å². The number of thioether (sulfide) groups is 1. The molecule has 2 N–H and O–H groups in total. The van der Waals surface area contributed by atoms with E-state index in [2.05, 4.69) is 5.32 Å². The summed E-state index contributed by atoms with van der Waals surface area (Å²) >= 11 is 1.58. The number of nitrogens with zero attached hydrogens (tertiary/aromatic N) is 1. The summed E-state index contributed by atoms with van der Waals surface area (Å²) in [5.74, 6) is 0.319. The summed E-state index contributed by atoms with van der Waals surface area (Å²) in [4.78, 5) is 23.4. The first-order valence-corrected chi connectivity index (χ1v) is 6.10. The molecule has 1 unspecified atom stereocenters. The number of amides is 2. The Hall–Kier alpha value is -0.910. The Morgan fingerprint density at radius 2 is 2.47 bits per heavy atom. The lowest BCUT2D eigenvalue weighted by atomic mass is 10.2. The van der Waals surface area contributed by atoms with Crippen molar-refractivity contribution >= 4 is 23.8 Å². The molecule has 0 aromatic heterocycles. The van der Waals surface area contributed by atoms with Crippen molar-refractivity contribution in [2.24, 2.45) is 5.92 Å². The smallest absolute Gasteiger partial charge is 0.317 e. The van der Waals surface area contributed by atoms with E-state index >= 15 is 0 Å². The lowest BCUT2D eigenvalue weighted by Crippen LogP contribution is -2.30. The van der Waals surface area contributed by atoms with Crippen LogP contribution in [0, 0.1) is 5.92 Å². The minimum absolute atomic E-state index is 0.0121. The minimum Gasteiger partial charge on any atom is -0.481 e. The summed E-state index contributed by atoms with van der Waals surface area (Å²) in [6.45, 7) is 3.86. The SMILES string of the molecule is CC(CSCCN1CCNC1=O)C(=O)O. The van der Waals surface area contributed by atoms with Gasteiger partial charge in [-0.05, 0) is 0 Å². The predicted molar refractivity (Wildman–Crippen MR) is 59.1 cm³/mol. The summed E-state index contributed by atoms with van der Waals surface area (Å²) in [5.41, 5.74) is 0. The number of carbonyl (C=O) groups is 2. The monoisotopic (exact) mass is 232 g/mol.